The van der Waals surface area contributed by atoms with Gasteiger partial charge in [0.1, 0.15) is 5.75 Å². The summed E-state index contributed by atoms with van der Waals surface area (Å²) in [6.45, 7) is -0.185. The Labute approximate surface area is 160 Å². The Morgan fingerprint density at radius 1 is 1.19 bits per heavy atom. The van der Waals surface area contributed by atoms with Crippen molar-refractivity contribution >= 4 is 40.8 Å². The highest BCUT2D eigenvalue weighted by molar-refractivity contribution is 6.30. The molecule has 0 bridgehead atoms. The van der Waals surface area contributed by atoms with Crippen LogP contribution in [0.4, 0.5) is 11.4 Å². The van der Waals surface area contributed by atoms with E-state index >= 15 is 0 Å². The number of benzene rings is 2. The molecule has 2 aromatic rings. The maximum absolute atomic E-state index is 12.2. The average molecular weight is 389 g/mol. The van der Waals surface area contributed by atoms with E-state index in [0.29, 0.717) is 22.1 Å². The van der Waals surface area contributed by atoms with Gasteiger partial charge in [-0.3, -0.25) is 14.4 Å². The number of ether oxygens (including phenoxy) is 1. The van der Waals surface area contributed by atoms with Gasteiger partial charge in [-0.1, -0.05) is 23.7 Å². The van der Waals surface area contributed by atoms with Crippen LogP contribution in [0.15, 0.2) is 48.5 Å². The van der Waals surface area contributed by atoms with Crippen molar-refractivity contribution in [1.82, 2.24) is 0 Å². The first kappa shape index (κ1) is 18.7. The lowest BCUT2D eigenvalue weighted by molar-refractivity contribution is -0.141. The molecule has 2 aromatic carbocycles. The molecule has 0 radical (unpaired) electrons. The molecular formula is C19H17ClN2O5. The summed E-state index contributed by atoms with van der Waals surface area (Å²) in [5.41, 5.74) is 1.03. The van der Waals surface area contributed by atoms with Gasteiger partial charge in [-0.2, -0.15) is 0 Å². The lowest BCUT2D eigenvalue weighted by atomic mass is 10.1. The van der Waals surface area contributed by atoms with Crippen LogP contribution in [0.5, 0.6) is 5.75 Å². The molecule has 1 fully saturated rings. The monoisotopic (exact) mass is 388 g/mol. The SMILES string of the molecule is O=C(COc1ccccc1N1CC(C(=O)O)CC1=O)Nc1ccc(Cl)cc1. The lowest BCUT2D eigenvalue weighted by Gasteiger charge is -2.20. The molecule has 0 spiro atoms. The zero-order valence-corrected chi connectivity index (χ0v) is 15.0. The highest BCUT2D eigenvalue weighted by atomic mass is 35.5. The molecule has 1 heterocycles. The van der Waals surface area contributed by atoms with Gasteiger partial charge in [-0.25, -0.2) is 0 Å². The number of hydrogen-bond acceptors (Lipinski definition) is 4. The summed E-state index contributed by atoms with van der Waals surface area (Å²) >= 11 is 5.80. The number of halogens is 1. The van der Waals surface area contributed by atoms with Crippen LogP contribution in [-0.2, 0) is 14.4 Å². The van der Waals surface area contributed by atoms with Crippen molar-refractivity contribution < 1.29 is 24.2 Å². The molecule has 1 saturated heterocycles. The Hall–Kier alpha value is -3.06. The number of nitrogens with one attached hydrogen (secondary N) is 1. The van der Waals surface area contributed by atoms with Gasteiger partial charge in [-0.15, -0.1) is 0 Å². The number of hydrogen-bond donors (Lipinski definition) is 2. The third kappa shape index (κ3) is 4.57. The average Bonchev–Trinajstić information content (AvgIpc) is 3.04. The Morgan fingerprint density at radius 3 is 2.56 bits per heavy atom. The highest BCUT2D eigenvalue weighted by Crippen LogP contribution is 2.33. The predicted octanol–water partition coefficient (Wildman–Crippen LogP) is 2.80. The van der Waals surface area contributed by atoms with Crippen molar-refractivity contribution in [1.29, 1.82) is 0 Å². The maximum Gasteiger partial charge on any atom is 0.308 e. The fourth-order valence-corrected chi connectivity index (χ4v) is 2.91. The lowest BCUT2D eigenvalue weighted by Crippen LogP contribution is -2.27. The number of nitrogens with zero attached hydrogens (tertiary/aromatic N) is 1. The molecule has 27 heavy (non-hydrogen) atoms. The number of para-hydroxylation sites is 2. The molecule has 0 aromatic heterocycles. The minimum Gasteiger partial charge on any atom is -0.482 e. The van der Waals surface area contributed by atoms with Gasteiger partial charge in [0.2, 0.25) is 5.91 Å². The number of carboxylic acids is 1. The van der Waals surface area contributed by atoms with Crippen molar-refractivity contribution in [3.63, 3.8) is 0 Å². The fraction of sp³-hybridized carbons (Fsp3) is 0.211. The number of anilines is 2. The molecule has 7 nitrogen and oxygen atoms in total. The van der Waals surface area contributed by atoms with Crippen LogP contribution in [0.25, 0.3) is 0 Å². The summed E-state index contributed by atoms with van der Waals surface area (Å²) in [6.07, 6.45) is -0.0548. The predicted molar refractivity (Wildman–Crippen MR) is 100 cm³/mol. The van der Waals surface area contributed by atoms with Gasteiger partial charge in [0, 0.05) is 23.7 Å². The van der Waals surface area contributed by atoms with E-state index in [1.807, 2.05) is 0 Å². The summed E-state index contributed by atoms with van der Waals surface area (Å²) in [5, 5.41) is 12.4. The molecule has 0 aliphatic carbocycles. The maximum atomic E-state index is 12.2. The van der Waals surface area contributed by atoms with Crippen molar-refractivity contribution in [2.24, 2.45) is 5.92 Å². The number of amides is 2. The Bertz CT molecular complexity index is 869. The van der Waals surface area contributed by atoms with Crippen LogP contribution in [0.3, 0.4) is 0 Å². The number of carbonyl (C=O) groups is 3. The van der Waals surface area contributed by atoms with Crippen molar-refractivity contribution in [3.8, 4) is 5.75 Å². The van der Waals surface area contributed by atoms with E-state index in [0.717, 1.165) is 0 Å². The number of carbonyl (C=O) groups excluding carboxylic acids is 2. The third-order valence-corrected chi connectivity index (χ3v) is 4.37. The number of rotatable bonds is 6. The van der Waals surface area contributed by atoms with Gasteiger partial charge in [0.05, 0.1) is 11.6 Å². The molecule has 1 unspecified atom stereocenters. The van der Waals surface area contributed by atoms with Gasteiger partial charge < -0.3 is 20.1 Å². The van der Waals surface area contributed by atoms with Crippen LogP contribution < -0.4 is 15.0 Å². The summed E-state index contributed by atoms with van der Waals surface area (Å²) < 4.78 is 5.57. The van der Waals surface area contributed by atoms with E-state index in [2.05, 4.69) is 5.32 Å². The van der Waals surface area contributed by atoms with E-state index in [1.54, 1.807) is 48.5 Å². The fourth-order valence-electron chi connectivity index (χ4n) is 2.78. The van der Waals surface area contributed by atoms with Gasteiger partial charge >= 0.3 is 5.97 Å². The van der Waals surface area contributed by atoms with Crippen molar-refractivity contribution in [2.45, 2.75) is 6.42 Å². The second-order valence-corrected chi connectivity index (χ2v) is 6.49. The molecule has 0 saturated carbocycles. The second-order valence-electron chi connectivity index (χ2n) is 6.06. The van der Waals surface area contributed by atoms with Gasteiger partial charge in [0.25, 0.3) is 5.91 Å². The van der Waals surface area contributed by atoms with Crippen LogP contribution >= 0.6 is 11.6 Å². The largest absolute Gasteiger partial charge is 0.482 e. The topological polar surface area (TPSA) is 95.9 Å². The first-order chi connectivity index (χ1) is 12.9. The molecule has 1 aliphatic rings. The number of aliphatic carboxylic acids is 1. The minimum atomic E-state index is -1.01. The first-order valence-corrected chi connectivity index (χ1v) is 8.62. The quantitative estimate of drug-likeness (QED) is 0.793. The Kier molecular flexibility index (Phi) is 5.61. The van der Waals surface area contributed by atoms with E-state index < -0.39 is 11.9 Å². The molecule has 2 N–H and O–H groups in total. The molecule has 1 atom stereocenters. The number of carboxylic acid groups (broad SMARTS) is 1. The molecule has 2 amide bonds. The minimum absolute atomic E-state index is 0.0548. The highest BCUT2D eigenvalue weighted by Gasteiger charge is 2.36. The van der Waals surface area contributed by atoms with E-state index in [-0.39, 0.29) is 31.4 Å². The van der Waals surface area contributed by atoms with Crippen molar-refractivity contribution in [2.75, 3.05) is 23.4 Å². The molecule has 140 valence electrons. The van der Waals surface area contributed by atoms with Gasteiger partial charge in [-0.05, 0) is 36.4 Å². The summed E-state index contributed by atoms with van der Waals surface area (Å²) in [6, 6.07) is 13.4. The zero-order chi connectivity index (χ0) is 19.4. The van der Waals surface area contributed by atoms with Crippen LogP contribution in [0.2, 0.25) is 5.02 Å². The summed E-state index contributed by atoms with van der Waals surface area (Å²) in [7, 11) is 0. The molecule has 3 rings (SSSR count). The van der Waals surface area contributed by atoms with Gasteiger partial charge in [0.15, 0.2) is 6.61 Å². The first-order valence-electron chi connectivity index (χ1n) is 8.24. The normalized spacial score (nSPS) is 16.3. The smallest absolute Gasteiger partial charge is 0.308 e. The van der Waals surface area contributed by atoms with Crippen molar-refractivity contribution in [3.05, 3.63) is 53.6 Å². The van der Waals surface area contributed by atoms with E-state index in [9.17, 15) is 14.4 Å². The third-order valence-electron chi connectivity index (χ3n) is 4.12. The standard InChI is InChI=1S/C19H17ClN2O5/c20-13-5-7-14(8-6-13)21-17(23)11-27-16-4-2-1-3-15(16)22-10-12(19(25)26)9-18(22)24/h1-8,12H,9-11H2,(H,21,23)(H,25,26). The van der Waals surface area contributed by atoms with Crippen LogP contribution in [-0.4, -0.2) is 36.0 Å². The summed E-state index contributed by atoms with van der Waals surface area (Å²) in [5.74, 6) is -2.08. The Balaban J connectivity index is 1.66. The Morgan fingerprint density at radius 2 is 1.89 bits per heavy atom. The molecular weight excluding hydrogens is 372 g/mol. The second kappa shape index (κ2) is 8.09. The van der Waals surface area contributed by atoms with Crippen LogP contribution in [0.1, 0.15) is 6.42 Å². The van der Waals surface area contributed by atoms with E-state index in [4.69, 9.17) is 21.4 Å². The molecule has 8 heteroatoms. The van der Waals surface area contributed by atoms with E-state index in [1.165, 1.54) is 4.90 Å². The summed E-state index contributed by atoms with van der Waals surface area (Å²) in [4.78, 5) is 36.8. The van der Waals surface area contributed by atoms with Crippen LogP contribution in [0, 0.1) is 5.92 Å². The molecule has 1 aliphatic heterocycles. The zero-order valence-electron chi connectivity index (χ0n) is 14.2.